The molecule has 0 bridgehead atoms. The minimum Gasteiger partial charge on any atom is -0.478 e. The lowest BCUT2D eigenvalue weighted by atomic mass is 10.2. The fraction of sp³-hybridized carbons (Fsp3) is 0. The highest BCUT2D eigenvalue weighted by molar-refractivity contribution is 6.33. The van der Waals surface area contributed by atoms with Gasteiger partial charge in [0.1, 0.15) is 5.82 Å². The Morgan fingerprint density at radius 2 is 2.12 bits per heavy atom. The fourth-order valence-electron chi connectivity index (χ4n) is 1.34. The molecule has 2 aromatic rings. The maximum absolute atomic E-state index is 10.8. The monoisotopic (exact) mass is 248 g/mol. The number of carbonyl (C=O) groups is 1. The SMILES string of the molecule is O=C(O)c1cccc(Nc2ncccc2Cl)c1. The van der Waals surface area contributed by atoms with Crippen LogP contribution in [0.25, 0.3) is 0 Å². The van der Waals surface area contributed by atoms with Gasteiger partial charge in [0.25, 0.3) is 0 Å². The van der Waals surface area contributed by atoms with E-state index >= 15 is 0 Å². The average Bonchev–Trinajstić information content (AvgIpc) is 2.32. The van der Waals surface area contributed by atoms with Crippen LogP contribution in [-0.2, 0) is 0 Å². The molecule has 0 aliphatic rings. The average molecular weight is 249 g/mol. The van der Waals surface area contributed by atoms with E-state index in [1.807, 2.05) is 0 Å². The summed E-state index contributed by atoms with van der Waals surface area (Å²) >= 11 is 5.94. The molecule has 0 aliphatic carbocycles. The third-order valence-corrected chi connectivity index (χ3v) is 2.44. The molecule has 86 valence electrons. The van der Waals surface area contributed by atoms with Crippen molar-refractivity contribution in [3.05, 3.63) is 53.2 Å². The predicted octanol–water partition coefficient (Wildman–Crippen LogP) is 3.18. The van der Waals surface area contributed by atoms with Crippen molar-refractivity contribution in [1.29, 1.82) is 0 Å². The summed E-state index contributed by atoms with van der Waals surface area (Å²) in [5.41, 5.74) is 0.840. The largest absolute Gasteiger partial charge is 0.478 e. The van der Waals surface area contributed by atoms with E-state index in [0.29, 0.717) is 16.5 Å². The number of rotatable bonds is 3. The third-order valence-electron chi connectivity index (χ3n) is 2.13. The molecular weight excluding hydrogens is 240 g/mol. The van der Waals surface area contributed by atoms with Gasteiger partial charge in [0, 0.05) is 11.9 Å². The van der Waals surface area contributed by atoms with Crippen LogP contribution in [0.5, 0.6) is 0 Å². The number of aromatic carboxylic acids is 1. The van der Waals surface area contributed by atoms with Crippen molar-refractivity contribution >= 4 is 29.1 Å². The van der Waals surface area contributed by atoms with E-state index in [1.54, 1.807) is 30.5 Å². The van der Waals surface area contributed by atoms with Gasteiger partial charge in [-0.2, -0.15) is 0 Å². The summed E-state index contributed by atoms with van der Waals surface area (Å²) in [6.45, 7) is 0. The first kappa shape index (κ1) is 11.4. The normalized spacial score (nSPS) is 9.94. The van der Waals surface area contributed by atoms with Gasteiger partial charge < -0.3 is 10.4 Å². The van der Waals surface area contributed by atoms with Gasteiger partial charge in [0.05, 0.1) is 10.6 Å². The standard InChI is InChI=1S/C12H9ClN2O2/c13-10-5-2-6-14-11(10)15-9-4-1-3-8(7-9)12(16)17/h1-7H,(H,14,15)(H,16,17). The molecule has 2 rings (SSSR count). The van der Waals surface area contributed by atoms with Crippen LogP contribution in [0.3, 0.4) is 0 Å². The highest BCUT2D eigenvalue weighted by Crippen LogP contribution is 2.22. The first-order chi connectivity index (χ1) is 8.16. The Morgan fingerprint density at radius 1 is 1.29 bits per heavy atom. The Balaban J connectivity index is 2.28. The van der Waals surface area contributed by atoms with E-state index < -0.39 is 5.97 Å². The van der Waals surface area contributed by atoms with Crippen molar-refractivity contribution in [2.24, 2.45) is 0 Å². The molecule has 0 aliphatic heterocycles. The van der Waals surface area contributed by atoms with Crippen molar-refractivity contribution in [2.45, 2.75) is 0 Å². The Kier molecular flexibility index (Phi) is 3.25. The number of carboxylic acids is 1. The number of carboxylic acid groups (broad SMARTS) is 1. The Morgan fingerprint density at radius 3 is 2.82 bits per heavy atom. The molecule has 1 aromatic heterocycles. The van der Waals surface area contributed by atoms with Crippen LogP contribution in [0, 0.1) is 0 Å². The summed E-state index contributed by atoms with van der Waals surface area (Å²) in [5.74, 6) is -0.475. The topological polar surface area (TPSA) is 62.2 Å². The Bertz CT molecular complexity index is 558. The molecule has 0 saturated heterocycles. The van der Waals surface area contributed by atoms with Crippen LogP contribution < -0.4 is 5.32 Å². The number of nitrogens with one attached hydrogen (secondary N) is 1. The molecule has 0 fully saturated rings. The number of anilines is 2. The number of benzene rings is 1. The Labute approximate surface area is 103 Å². The minimum absolute atomic E-state index is 0.210. The number of pyridine rings is 1. The molecule has 0 radical (unpaired) electrons. The molecule has 5 heteroatoms. The van der Waals surface area contributed by atoms with Gasteiger partial charge in [0.15, 0.2) is 0 Å². The number of hydrogen-bond donors (Lipinski definition) is 2. The summed E-state index contributed by atoms with van der Waals surface area (Å²) in [4.78, 5) is 14.9. The molecule has 2 N–H and O–H groups in total. The predicted molar refractivity (Wildman–Crippen MR) is 65.9 cm³/mol. The summed E-state index contributed by atoms with van der Waals surface area (Å²) < 4.78 is 0. The second kappa shape index (κ2) is 4.84. The maximum Gasteiger partial charge on any atom is 0.335 e. The van der Waals surface area contributed by atoms with E-state index in [4.69, 9.17) is 16.7 Å². The van der Waals surface area contributed by atoms with Crippen molar-refractivity contribution in [3.63, 3.8) is 0 Å². The lowest BCUT2D eigenvalue weighted by molar-refractivity contribution is 0.0697. The van der Waals surface area contributed by atoms with Crippen LogP contribution >= 0.6 is 11.6 Å². The molecule has 0 amide bonds. The van der Waals surface area contributed by atoms with Crippen molar-refractivity contribution in [2.75, 3.05) is 5.32 Å². The van der Waals surface area contributed by atoms with Crippen molar-refractivity contribution in [3.8, 4) is 0 Å². The minimum atomic E-state index is -0.972. The summed E-state index contributed by atoms with van der Waals surface area (Å²) in [7, 11) is 0. The second-order valence-electron chi connectivity index (χ2n) is 3.34. The number of nitrogens with zero attached hydrogens (tertiary/aromatic N) is 1. The van der Waals surface area contributed by atoms with Crippen LogP contribution in [-0.4, -0.2) is 16.1 Å². The summed E-state index contributed by atoms with van der Waals surface area (Å²) in [6.07, 6.45) is 1.61. The zero-order valence-electron chi connectivity index (χ0n) is 8.72. The molecule has 0 saturated carbocycles. The Hall–Kier alpha value is -2.07. The lowest BCUT2D eigenvalue weighted by Gasteiger charge is -2.07. The van der Waals surface area contributed by atoms with E-state index in [-0.39, 0.29) is 5.56 Å². The first-order valence-corrected chi connectivity index (χ1v) is 5.25. The summed E-state index contributed by atoms with van der Waals surface area (Å²) in [6, 6.07) is 9.88. The van der Waals surface area contributed by atoms with Gasteiger partial charge in [-0.1, -0.05) is 17.7 Å². The first-order valence-electron chi connectivity index (χ1n) is 4.88. The molecular formula is C12H9ClN2O2. The highest BCUT2D eigenvalue weighted by Gasteiger charge is 2.05. The van der Waals surface area contributed by atoms with Gasteiger partial charge in [-0.3, -0.25) is 0 Å². The van der Waals surface area contributed by atoms with Gasteiger partial charge >= 0.3 is 5.97 Å². The van der Waals surface area contributed by atoms with Gasteiger partial charge in [0.2, 0.25) is 0 Å². The van der Waals surface area contributed by atoms with Crippen molar-refractivity contribution < 1.29 is 9.90 Å². The lowest BCUT2D eigenvalue weighted by Crippen LogP contribution is -1.99. The molecule has 0 atom stereocenters. The number of hydrogen-bond acceptors (Lipinski definition) is 3. The van der Waals surface area contributed by atoms with Crippen LogP contribution in [0.2, 0.25) is 5.02 Å². The molecule has 17 heavy (non-hydrogen) atoms. The second-order valence-corrected chi connectivity index (χ2v) is 3.75. The zero-order valence-corrected chi connectivity index (χ0v) is 9.48. The molecule has 1 aromatic carbocycles. The van der Waals surface area contributed by atoms with Gasteiger partial charge in [-0.15, -0.1) is 0 Å². The van der Waals surface area contributed by atoms with E-state index in [9.17, 15) is 4.79 Å². The number of halogens is 1. The highest BCUT2D eigenvalue weighted by atomic mass is 35.5. The molecule has 1 heterocycles. The van der Waals surface area contributed by atoms with Crippen LogP contribution in [0.15, 0.2) is 42.6 Å². The van der Waals surface area contributed by atoms with E-state index in [0.717, 1.165) is 0 Å². The van der Waals surface area contributed by atoms with Crippen molar-refractivity contribution in [1.82, 2.24) is 4.98 Å². The van der Waals surface area contributed by atoms with Crippen LogP contribution in [0.1, 0.15) is 10.4 Å². The van der Waals surface area contributed by atoms with Gasteiger partial charge in [-0.05, 0) is 30.3 Å². The van der Waals surface area contributed by atoms with Crippen LogP contribution in [0.4, 0.5) is 11.5 Å². The molecule has 0 spiro atoms. The molecule has 4 nitrogen and oxygen atoms in total. The smallest absolute Gasteiger partial charge is 0.335 e. The fourth-order valence-corrected chi connectivity index (χ4v) is 1.51. The molecule has 0 unspecified atom stereocenters. The van der Waals surface area contributed by atoms with E-state index in [1.165, 1.54) is 12.1 Å². The summed E-state index contributed by atoms with van der Waals surface area (Å²) in [5, 5.41) is 12.3. The zero-order chi connectivity index (χ0) is 12.3. The van der Waals surface area contributed by atoms with E-state index in [2.05, 4.69) is 10.3 Å². The quantitative estimate of drug-likeness (QED) is 0.876. The number of aromatic nitrogens is 1. The third kappa shape index (κ3) is 2.73. The van der Waals surface area contributed by atoms with Gasteiger partial charge in [-0.25, -0.2) is 9.78 Å². The maximum atomic E-state index is 10.8.